The summed E-state index contributed by atoms with van der Waals surface area (Å²) >= 11 is 0. The molecule has 0 unspecified atom stereocenters. The van der Waals surface area contributed by atoms with E-state index >= 15 is 0 Å². The second kappa shape index (κ2) is 7.79. The van der Waals surface area contributed by atoms with Crippen molar-refractivity contribution in [2.24, 2.45) is 0 Å². The average molecular weight is 346 g/mol. The number of anilines is 1. The molecule has 0 aliphatic carbocycles. The lowest BCUT2D eigenvalue weighted by Gasteiger charge is -2.32. The second-order valence-corrected chi connectivity index (χ2v) is 7.33. The molecular formula is C19H31BN2O3. The maximum absolute atomic E-state index is 12.1. The van der Waals surface area contributed by atoms with Crippen LogP contribution < -0.4 is 10.8 Å². The normalized spacial score (nSPS) is 20.9. The summed E-state index contributed by atoms with van der Waals surface area (Å²) in [5.74, 6) is 0. The average Bonchev–Trinajstić information content (AvgIpc) is 3.17. The van der Waals surface area contributed by atoms with Gasteiger partial charge in [-0.2, -0.15) is 0 Å². The number of carbonyl (C=O) groups is 1. The van der Waals surface area contributed by atoms with Crippen LogP contribution in [-0.4, -0.2) is 42.3 Å². The third-order valence-electron chi connectivity index (χ3n) is 5.08. The van der Waals surface area contributed by atoms with Crippen LogP contribution in [0.2, 0.25) is 0 Å². The van der Waals surface area contributed by atoms with Crippen molar-refractivity contribution in [2.45, 2.75) is 65.6 Å². The van der Waals surface area contributed by atoms with E-state index in [9.17, 15) is 4.79 Å². The Bertz CT molecular complexity index is 565. The molecule has 2 aliphatic rings. The SMILES string of the molecule is CC.CC1(C)OB(c2ccc(NC(=O)N3CCCC3)cc2)OC1(C)C. The van der Waals surface area contributed by atoms with Crippen molar-refractivity contribution in [1.82, 2.24) is 4.90 Å². The Hall–Kier alpha value is -1.53. The number of hydrogen-bond acceptors (Lipinski definition) is 3. The summed E-state index contributed by atoms with van der Waals surface area (Å²) in [6.07, 6.45) is 2.18. The Labute approximate surface area is 152 Å². The van der Waals surface area contributed by atoms with Crippen molar-refractivity contribution in [3.63, 3.8) is 0 Å². The van der Waals surface area contributed by atoms with Crippen molar-refractivity contribution >= 4 is 24.3 Å². The van der Waals surface area contributed by atoms with E-state index in [2.05, 4.69) is 5.32 Å². The van der Waals surface area contributed by atoms with Crippen LogP contribution >= 0.6 is 0 Å². The van der Waals surface area contributed by atoms with Crippen LogP contribution in [0.25, 0.3) is 0 Å². The Kier molecular flexibility index (Phi) is 6.17. The quantitative estimate of drug-likeness (QED) is 0.832. The number of hydrogen-bond donors (Lipinski definition) is 1. The molecule has 2 aliphatic heterocycles. The van der Waals surface area contributed by atoms with Crippen molar-refractivity contribution in [3.8, 4) is 0 Å². The number of rotatable bonds is 2. The van der Waals surface area contributed by atoms with E-state index in [1.807, 2.05) is 70.7 Å². The molecule has 0 bridgehead atoms. The molecule has 1 aromatic rings. The van der Waals surface area contributed by atoms with Gasteiger partial charge in [-0.3, -0.25) is 0 Å². The molecule has 2 heterocycles. The lowest BCUT2D eigenvalue weighted by atomic mass is 9.79. The van der Waals surface area contributed by atoms with Gasteiger partial charge in [0.25, 0.3) is 0 Å². The van der Waals surface area contributed by atoms with Gasteiger partial charge in [0.05, 0.1) is 11.2 Å². The molecule has 0 spiro atoms. The van der Waals surface area contributed by atoms with Gasteiger partial charge in [0.1, 0.15) is 0 Å². The van der Waals surface area contributed by atoms with E-state index < -0.39 is 0 Å². The molecule has 2 fully saturated rings. The van der Waals surface area contributed by atoms with Crippen LogP contribution in [0.1, 0.15) is 54.4 Å². The number of benzene rings is 1. The predicted octanol–water partition coefficient (Wildman–Crippen LogP) is 3.64. The molecule has 0 saturated carbocycles. The molecule has 0 radical (unpaired) electrons. The molecule has 5 nitrogen and oxygen atoms in total. The number of urea groups is 1. The first-order chi connectivity index (χ1) is 11.8. The van der Waals surface area contributed by atoms with Gasteiger partial charge in [0.15, 0.2) is 0 Å². The highest BCUT2D eigenvalue weighted by Gasteiger charge is 2.51. The second-order valence-electron chi connectivity index (χ2n) is 7.33. The predicted molar refractivity (Wildman–Crippen MR) is 103 cm³/mol. The van der Waals surface area contributed by atoms with Crippen LogP contribution in [0.5, 0.6) is 0 Å². The smallest absolute Gasteiger partial charge is 0.399 e. The monoisotopic (exact) mass is 346 g/mol. The largest absolute Gasteiger partial charge is 0.494 e. The number of nitrogens with zero attached hydrogens (tertiary/aromatic N) is 1. The number of amides is 2. The Balaban J connectivity index is 0.00000109. The highest BCUT2D eigenvalue weighted by atomic mass is 16.7. The van der Waals surface area contributed by atoms with E-state index in [1.54, 1.807) is 0 Å². The first kappa shape index (κ1) is 19.8. The van der Waals surface area contributed by atoms with E-state index in [0.29, 0.717) is 0 Å². The maximum Gasteiger partial charge on any atom is 0.494 e. The lowest BCUT2D eigenvalue weighted by Crippen LogP contribution is -2.41. The Morgan fingerprint density at radius 2 is 1.48 bits per heavy atom. The van der Waals surface area contributed by atoms with Gasteiger partial charge in [0, 0.05) is 18.8 Å². The first-order valence-corrected chi connectivity index (χ1v) is 9.30. The fraction of sp³-hybridized carbons (Fsp3) is 0.632. The standard InChI is InChI=1S/C17H25BN2O3.C2H6/c1-16(2)17(3,4)23-18(22-16)13-7-9-14(10-8-13)19-15(21)20-11-5-6-12-20;1-2/h7-10H,5-6,11-12H2,1-4H3,(H,19,21);1-2H3. The van der Waals surface area contributed by atoms with Crippen LogP contribution in [0.15, 0.2) is 24.3 Å². The van der Waals surface area contributed by atoms with E-state index in [0.717, 1.165) is 37.1 Å². The minimum Gasteiger partial charge on any atom is -0.399 e. The summed E-state index contributed by atoms with van der Waals surface area (Å²) in [6, 6.07) is 7.66. The molecule has 0 aromatic heterocycles. The molecule has 3 rings (SSSR count). The highest BCUT2D eigenvalue weighted by Crippen LogP contribution is 2.36. The lowest BCUT2D eigenvalue weighted by molar-refractivity contribution is 0.00578. The zero-order valence-electron chi connectivity index (χ0n) is 16.4. The first-order valence-electron chi connectivity index (χ1n) is 9.30. The van der Waals surface area contributed by atoms with Crippen LogP contribution in [-0.2, 0) is 9.31 Å². The van der Waals surface area contributed by atoms with E-state index in [1.165, 1.54) is 0 Å². The zero-order chi connectivity index (χ0) is 18.7. The summed E-state index contributed by atoms with van der Waals surface area (Å²) < 4.78 is 12.1. The van der Waals surface area contributed by atoms with Gasteiger partial charge in [-0.15, -0.1) is 0 Å². The van der Waals surface area contributed by atoms with Gasteiger partial charge in [-0.25, -0.2) is 4.79 Å². The number of likely N-dealkylation sites (tertiary alicyclic amines) is 1. The summed E-state index contributed by atoms with van der Waals surface area (Å²) in [6.45, 7) is 13.8. The minimum absolute atomic E-state index is 0.0223. The van der Waals surface area contributed by atoms with Gasteiger partial charge in [-0.05, 0) is 58.1 Å². The van der Waals surface area contributed by atoms with Crippen molar-refractivity contribution < 1.29 is 14.1 Å². The van der Waals surface area contributed by atoms with Gasteiger partial charge in [-0.1, -0.05) is 26.0 Å². The van der Waals surface area contributed by atoms with E-state index in [-0.39, 0.29) is 24.4 Å². The van der Waals surface area contributed by atoms with Crippen LogP contribution in [0.4, 0.5) is 10.5 Å². The van der Waals surface area contributed by atoms with Crippen molar-refractivity contribution in [1.29, 1.82) is 0 Å². The van der Waals surface area contributed by atoms with Crippen molar-refractivity contribution in [2.75, 3.05) is 18.4 Å². The van der Waals surface area contributed by atoms with E-state index in [4.69, 9.17) is 9.31 Å². The molecule has 6 heteroatoms. The van der Waals surface area contributed by atoms with Gasteiger partial charge in [0.2, 0.25) is 0 Å². The molecule has 1 N–H and O–H groups in total. The topological polar surface area (TPSA) is 50.8 Å². The fourth-order valence-electron chi connectivity index (χ4n) is 2.83. The third kappa shape index (κ3) is 4.36. The molecule has 1 aromatic carbocycles. The number of nitrogens with one attached hydrogen (secondary N) is 1. The highest BCUT2D eigenvalue weighted by molar-refractivity contribution is 6.62. The molecule has 2 amide bonds. The fourth-order valence-corrected chi connectivity index (χ4v) is 2.83. The summed E-state index contributed by atoms with van der Waals surface area (Å²) in [5.41, 5.74) is 1.06. The van der Waals surface area contributed by atoms with Gasteiger partial charge < -0.3 is 19.5 Å². The molecule has 25 heavy (non-hydrogen) atoms. The van der Waals surface area contributed by atoms with Crippen molar-refractivity contribution in [3.05, 3.63) is 24.3 Å². The molecule has 138 valence electrons. The Morgan fingerprint density at radius 1 is 1.00 bits per heavy atom. The molecule has 2 saturated heterocycles. The Morgan fingerprint density at radius 3 is 1.96 bits per heavy atom. The van der Waals surface area contributed by atoms with Gasteiger partial charge >= 0.3 is 13.1 Å². The zero-order valence-corrected chi connectivity index (χ0v) is 16.4. The molecule has 0 atom stereocenters. The summed E-state index contributed by atoms with van der Waals surface area (Å²) in [7, 11) is -0.372. The third-order valence-corrected chi connectivity index (χ3v) is 5.08. The minimum atomic E-state index is -0.372. The summed E-state index contributed by atoms with van der Waals surface area (Å²) in [4.78, 5) is 13.9. The molecular weight excluding hydrogens is 315 g/mol. The van der Waals surface area contributed by atoms with Crippen LogP contribution in [0.3, 0.4) is 0 Å². The van der Waals surface area contributed by atoms with Crippen LogP contribution in [0, 0.1) is 0 Å². The number of carbonyl (C=O) groups excluding carboxylic acids is 1. The summed E-state index contributed by atoms with van der Waals surface area (Å²) in [5, 5.41) is 2.94. The maximum atomic E-state index is 12.1.